The molecule has 0 fully saturated rings. The van der Waals surface area contributed by atoms with Gasteiger partial charge in [-0.2, -0.15) is 0 Å². The first-order valence-corrected chi connectivity index (χ1v) is 5.28. The first kappa shape index (κ1) is 12.9. The van der Waals surface area contributed by atoms with Crippen LogP contribution in [-0.2, 0) is 11.2 Å². The Labute approximate surface area is 98.0 Å². The summed E-state index contributed by atoms with van der Waals surface area (Å²) in [4.78, 5) is 10.3. The summed E-state index contributed by atoms with van der Waals surface area (Å²) in [5, 5.41) is 8.55. The van der Waals surface area contributed by atoms with Crippen molar-refractivity contribution in [3.63, 3.8) is 0 Å². The van der Waals surface area contributed by atoms with Crippen molar-refractivity contribution in [1.82, 2.24) is 0 Å². The number of hydrogen-bond acceptors (Lipinski definition) is 2. The number of benzene rings is 1. The average molecular weight is 246 g/mol. The van der Waals surface area contributed by atoms with Gasteiger partial charge in [-0.1, -0.05) is 17.7 Å². The number of halogens is 2. The largest absolute Gasteiger partial charge is 0.481 e. The topological polar surface area (TPSA) is 63.3 Å². The molecule has 3 N–H and O–H groups in total. The molecule has 1 aromatic carbocycles. The van der Waals surface area contributed by atoms with Crippen molar-refractivity contribution in [2.75, 3.05) is 0 Å². The van der Waals surface area contributed by atoms with E-state index < -0.39 is 11.8 Å². The Balaban J connectivity index is 2.52. The maximum absolute atomic E-state index is 13.1. The molecule has 0 saturated heterocycles. The van der Waals surface area contributed by atoms with Crippen LogP contribution >= 0.6 is 11.6 Å². The lowest BCUT2D eigenvalue weighted by atomic mass is 10.0. The number of hydrogen-bond donors (Lipinski definition) is 2. The molecule has 0 aliphatic carbocycles. The zero-order valence-electron chi connectivity index (χ0n) is 8.62. The van der Waals surface area contributed by atoms with E-state index in [1.54, 1.807) is 6.07 Å². The molecule has 0 radical (unpaired) electrons. The Kier molecular flexibility index (Phi) is 4.71. The molecule has 1 rings (SSSR count). The highest BCUT2D eigenvalue weighted by atomic mass is 35.5. The Morgan fingerprint density at radius 2 is 2.25 bits per heavy atom. The summed E-state index contributed by atoms with van der Waals surface area (Å²) in [6.45, 7) is 0. The summed E-state index contributed by atoms with van der Waals surface area (Å²) in [5.41, 5.74) is 6.45. The number of carboxylic acid groups (broad SMARTS) is 1. The second-order valence-corrected chi connectivity index (χ2v) is 4.05. The third-order valence-corrected chi connectivity index (χ3v) is 2.52. The van der Waals surface area contributed by atoms with Gasteiger partial charge in [-0.25, -0.2) is 4.39 Å². The third-order valence-electron chi connectivity index (χ3n) is 2.21. The third kappa shape index (κ3) is 4.16. The van der Waals surface area contributed by atoms with Crippen molar-refractivity contribution >= 4 is 17.6 Å². The summed E-state index contributed by atoms with van der Waals surface area (Å²) in [6, 6.07) is 4.20. The highest BCUT2D eigenvalue weighted by molar-refractivity contribution is 6.30. The predicted molar refractivity (Wildman–Crippen MR) is 60.0 cm³/mol. The molecule has 0 heterocycles. The smallest absolute Gasteiger partial charge is 0.303 e. The quantitative estimate of drug-likeness (QED) is 0.836. The minimum absolute atomic E-state index is 0.0250. The molecule has 0 amide bonds. The zero-order chi connectivity index (χ0) is 12.1. The van der Waals surface area contributed by atoms with Crippen LogP contribution in [0.5, 0.6) is 0 Å². The lowest BCUT2D eigenvalue weighted by Gasteiger charge is -2.10. The molecule has 0 aromatic heterocycles. The van der Waals surface area contributed by atoms with Crippen LogP contribution in [0.1, 0.15) is 18.4 Å². The number of aliphatic carboxylic acids is 1. The van der Waals surface area contributed by atoms with E-state index in [0.717, 1.165) is 5.56 Å². The van der Waals surface area contributed by atoms with E-state index in [9.17, 15) is 9.18 Å². The number of carbonyl (C=O) groups is 1. The second kappa shape index (κ2) is 5.82. The van der Waals surface area contributed by atoms with Crippen LogP contribution in [0.3, 0.4) is 0 Å². The van der Waals surface area contributed by atoms with Gasteiger partial charge >= 0.3 is 5.97 Å². The highest BCUT2D eigenvalue weighted by Crippen LogP contribution is 2.16. The summed E-state index contributed by atoms with van der Waals surface area (Å²) < 4.78 is 13.1. The van der Waals surface area contributed by atoms with Gasteiger partial charge in [0.1, 0.15) is 5.82 Å². The lowest BCUT2D eigenvalue weighted by Crippen LogP contribution is -2.23. The van der Waals surface area contributed by atoms with E-state index in [2.05, 4.69) is 0 Å². The molecular weight excluding hydrogens is 233 g/mol. The van der Waals surface area contributed by atoms with Gasteiger partial charge in [-0.05, 0) is 30.5 Å². The predicted octanol–water partition coefficient (Wildman–Crippen LogP) is 2.21. The van der Waals surface area contributed by atoms with Gasteiger partial charge in [0.15, 0.2) is 0 Å². The SMILES string of the molecule is NC(CCC(=O)O)Cc1ccc(Cl)c(F)c1. The maximum Gasteiger partial charge on any atom is 0.303 e. The highest BCUT2D eigenvalue weighted by Gasteiger charge is 2.08. The van der Waals surface area contributed by atoms with Crippen molar-refractivity contribution in [1.29, 1.82) is 0 Å². The Hall–Kier alpha value is -1.13. The fraction of sp³-hybridized carbons (Fsp3) is 0.364. The summed E-state index contributed by atoms with van der Waals surface area (Å²) >= 11 is 5.54. The minimum Gasteiger partial charge on any atom is -0.481 e. The van der Waals surface area contributed by atoms with E-state index in [1.165, 1.54) is 12.1 Å². The van der Waals surface area contributed by atoms with Crippen LogP contribution < -0.4 is 5.73 Å². The van der Waals surface area contributed by atoms with Gasteiger partial charge in [0.25, 0.3) is 0 Å². The lowest BCUT2D eigenvalue weighted by molar-refractivity contribution is -0.137. The zero-order valence-corrected chi connectivity index (χ0v) is 9.38. The number of nitrogens with two attached hydrogens (primary N) is 1. The molecule has 1 atom stereocenters. The van der Waals surface area contributed by atoms with Crippen LogP contribution in [0.4, 0.5) is 4.39 Å². The summed E-state index contributed by atoms with van der Waals surface area (Å²) in [6.07, 6.45) is 0.845. The number of rotatable bonds is 5. The Bertz CT molecular complexity index is 384. The van der Waals surface area contributed by atoms with E-state index in [4.69, 9.17) is 22.4 Å². The first-order valence-electron chi connectivity index (χ1n) is 4.90. The molecule has 0 spiro atoms. The number of carboxylic acids is 1. The molecule has 16 heavy (non-hydrogen) atoms. The van der Waals surface area contributed by atoms with E-state index in [1.807, 2.05) is 0 Å². The van der Waals surface area contributed by atoms with Gasteiger partial charge in [0, 0.05) is 12.5 Å². The molecular formula is C11H13ClFNO2. The van der Waals surface area contributed by atoms with Crippen molar-refractivity contribution in [2.24, 2.45) is 5.73 Å². The van der Waals surface area contributed by atoms with Crippen molar-refractivity contribution < 1.29 is 14.3 Å². The molecule has 5 heteroatoms. The average Bonchev–Trinajstić information content (AvgIpc) is 2.21. The van der Waals surface area contributed by atoms with Crippen LogP contribution in [0.2, 0.25) is 5.02 Å². The molecule has 1 aromatic rings. The van der Waals surface area contributed by atoms with Gasteiger partial charge < -0.3 is 10.8 Å². The molecule has 88 valence electrons. The summed E-state index contributed by atoms with van der Waals surface area (Å²) in [5.74, 6) is -1.36. The molecule has 0 aliphatic rings. The van der Waals surface area contributed by atoms with E-state index >= 15 is 0 Å². The molecule has 0 aliphatic heterocycles. The minimum atomic E-state index is -0.877. The first-order chi connectivity index (χ1) is 7.49. The molecule has 3 nitrogen and oxygen atoms in total. The summed E-state index contributed by atoms with van der Waals surface area (Å²) in [7, 11) is 0. The fourth-order valence-electron chi connectivity index (χ4n) is 1.38. The van der Waals surface area contributed by atoms with Gasteiger partial charge in [-0.15, -0.1) is 0 Å². The van der Waals surface area contributed by atoms with Crippen LogP contribution in [0.25, 0.3) is 0 Å². The van der Waals surface area contributed by atoms with Crippen LogP contribution in [-0.4, -0.2) is 17.1 Å². The van der Waals surface area contributed by atoms with E-state index in [0.29, 0.717) is 12.8 Å². The molecule has 0 saturated carbocycles. The van der Waals surface area contributed by atoms with Crippen molar-refractivity contribution in [2.45, 2.75) is 25.3 Å². The second-order valence-electron chi connectivity index (χ2n) is 3.65. The fourth-order valence-corrected chi connectivity index (χ4v) is 1.50. The molecule has 1 unspecified atom stereocenters. The van der Waals surface area contributed by atoms with Crippen molar-refractivity contribution in [3.8, 4) is 0 Å². The van der Waals surface area contributed by atoms with Gasteiger partial charge in [-0.3, -0.25) is 4.79 Å². The van der Waals surface area contributed by atoms with E-state index in [-0.39, 0.29) is 17.5 Å². The van der Waals surface area contributed by atoms with Crippen LogP contribution in [0.15, 0.2) is 18.2 Å². The molecule has 0 bridgehead atoms. The Morgan fingerprint density at radius 3 is 2.81 bits per heavy atom. The Morgan fingerprint density at radius 1 is 1.56 bits per heavy atom. The van der Waals surface area contributed by atoms with Crippen LogP contribution in [0, 0.1) is 5.82 Å². The van der Waals surface area contributed by atoms with Gasteiger partial charge in [0.2, 0.25) is 0 Å². The monoisotopic (exact) mass is 245 g/mol. The normalized spacial score (nSPS) is 12.4. The van der Waals surface area contributed by atoms with Gasteiger partial charge in [0.05, 0.1) is 5.02 Å². The van der Waals surface area contributed by atoms with Crippen molar-refractivity contribution in [3.05, 3.63) is 34.6 Å². The maximum atomic E-state index is 13.1. The standard InChI is InChI=1S/C11H13ClFNO2/c12-9-3-1-7(6-10(9)13)5-8(14)2-4-11(15)16/h1,3,6,8H,2,4-5,14H2,(H,15,16).